The Bertz CT molecular complexity index is 1340. The first-order valence-corrected chi connectivity index (χ1v) is 12.4. The number of rotatable bonds is 6. The predicted octanol–water partition coefficient (Wildman–Crippen LogP) is 3.16. The molecule has 4 rings (SSSR count). The fourth-order valence-corrected chi connectivity index (χ4v) is 5.49. The Hall–Kier alpha value is -3.61. The van der Waals surface area contributed by atoms with E-state index < -0.39 is 10.0 Å². The maximum Gasteiger partial charge on any atom is 0.246 e. The third-order valence-electron chi connectivity index (χ3n) is 6.08. The van der Waals surface area contributed by atoms with Crippen molar-refractivity contribution in [2.45, 2.75) is 25.3 Å². The summed E-state index contributed by atoms with van der Waals surface area (Å²) in [5, 5.41) is 8.90. The highest BCUT2D eigenvalue weighted by molar-refractivity contribution is 7.89. The first kappa shape index (κ1) is 23.5. The monoisotopic (exact) mass is 478 g/mol. The molecular weight excluding hydrogens is 452 g/mol. The SMILES string of the molecule is Cc1cc(/C=C/C(=O)N2CCN(S(=O)(=O)c3ccc(C#N)cc3)CC2)c(C)n1Cc1ccco1. The average Bonchev–Trinajstić information content (AvgIpc) is 3.46. The Kier molecular flexibility index (Phi) is 6.72. The molecule has 0 aliphatic carbocycles. The van der Waals surface area contributed by atoms with Crippen LogP contribution in [0, 0.1) is 25.2 Å². The van der Waals surface area contributed by atoms with Crippen molar-refractivity contribution in [3.8, 4) is 6.07 Å². The Balaban J connectivity index is 1.38. The van der Waals surface area contributed by atoms with Gasteiger partial charge < -0.3 is 13.9 Å². The molecule has 0 atom stereocenters. The molecule has 0 N–H and O–H groups in total. The molecule has 0 bridgehead atoms. The molecule has 9 heteroatoms. The molecule has 1 fully saturated rings. The minimum Gasteiger partial charge on any atom is -0.467 e. The van der Waals surface area contributed by atoms with Gasteiger partial charge in [-0.1, -0.05) is 0 Å². The molecule has 1 aliphatic rings. The lowest BCUT2D eigenvalue weighted by Crippen LogP contribution is -2.50. The van der Waals surface area contributed by atoms with Crippen LogP contribution in [0.1, 0.15) is 28.3 Å². The van der Waals surface area contributed by atoms with Gasteiger partial charge in [-0.2, -0.15) is 9.57 Å². The summed E-state index contributed by atoms with van der Waals surface area (Å²) in [7, 11) is -3.66. The minimum atomic E-state index is -3.66. The zero-order valence-corrected chi connectivity index (χ0v) is 20.0. The number of nitriles is 1. The van der Waals surface area contributed by atoms with Gasteiger partial charge in [0, 0.05) is 43.6 Å². The van der Waals surface area contributed by atoms with Crippen LogP contribution >= 0.6 is 0 Å². The van der Waals surface area contributed by atoms with Crippen LogP contribution in [0.4, 0.5) is 0 Å². The number of nitrogens with zero attached hydrogens (tertiary/aromatic N) is 4. The van der Waals surface area contributed by atoms with Crippen molar-refractivity contribution in [3.05, 3.63) is 83.1 Å². The molecule has 3 aromatic rings. The zero-order chi connectivity index (χ0) is 24.3. The van der Waals surface area contributed by atoms with Crippen molar-refractivity contribution < 1.29 is 17.6 Å². The van der Waals surface area contributed by atoms with E-state index in [4.69, 9.17) is 9.68 Å². The number of aromatic nitrogens is 1. The van der Waals surface area contributed by atoms with Crippen molar-refractivity contribution in [1.82, 2.24) is 13.8 Å². The fraction of sp³-hybridized carbons (Fsp3) is 0.280. The fourth-order valence-electron chi connectivity index (χ4n) is 4.06. The molecule has 1 amide bonds. The van der Waals surface area contributed by atoms with E-state index in [0.29, 0.717) is 25.2 Å². The van der Waals surface area contributed by atoms with Crippen LogP contribution in [0.15, 0.2) is 64.1 Å². The summed E-state index contributed by atoms with van der Waals surface area (Å²) in [4.78, 5) is 14.6. The van der Waals surface area contributed by atoms with Gasteiger partial charge in [0.2, 0.25) is 15.9 Å². The first-order valence-electron chi connectivity index (χ1n) is 11.0. The van der Waals surface area contributed by atoms with E-state index in [-0.39, 0.29) is 23.9 Å². The van der Waals surface area contributed by atoms with E-state index in [9.17, 15) is 13.2 Å². The van der Waals surface area contributed by atoms with Crippen molar-refractivity contribution in [2.75, 3.05) is 26.2 Å². The lowest BCUT2D eigenvalue weighted by molar-refractivity contribution is -0.127. The number of hydrogen-bond donors (Lipinski definition) is 0. The predicted molar refractivity (Wildman–Crippen MR) is 127 cm³/mol. The molecule has 2 aromatic heterocycles. The standard InChI is InChI=1S/C25H26N4O4S/c1-19-16-22(20(2)29(19)18-23-4-3-15-33-23)7-10-25(30)27-11-13-28(14-12-27)34(31,32)24-8-5-21(17-26)6-9-24/h3-10,15-16H,11-14,18H2,1-2H3/b10-7+. The molecule has 34 heavy (non-hydrogen) atoms. The number of carbonyl (C=O) groups is 1. The van der Waals surface area contributed by atoms with Gasteiger partial charge in [0.15, 0.2) is 0 Å². The summed E-state index contributed by atoms with van der Waals surface area (Å²) in [6.07, 6.45) is 5.01. The highest BCUT2D eigenvalue weighted by atomic mass is 32.2. The number of piperazine rings is 1. The van der Waals surface area contributed by atoms with E-state index >= 15 is 0 Å². The number of benzene rings is 1. The molecule has 0 spiro atoms. The van der Waals surface area contributed by atoms with Crippen LogP contribution in [0.25, 0.3) is 6.08 Å². The summed E-state index contributed by atoms with van der Waals surface area (Å²) >= 11 is 0. The van der Waals surface area contributed by atoms with Gasteiger partial charge in [0.25, 0.3) is 0 Å². The van der Waals surface area contributed by atoms with Gasteiger partial charge in [-0.3, -0.25) is 4.79 Å². The van der Waals surface area contributed by atoms with E-state index in [2.05, 4.69) is 4.57 Å². The summed E-state index contributed by atoms with van der Waals surface area (Å²) in [5.41, 5.74) is 3.47. The molecule has 1 saturated heterocycles. The van der Waals surface area contributed by atoms with Crippen molar-refractivity contribution in [3.63, 3.8) is 0 Å². The highest BCUT2D eigenvalue weighted by Crippen LogP contribution is 2.20. The Morgan fingerprint density at radius 1 is 1.12 bits per heavy atom. The highest BCUT2D eigenvalue weighted by Gasteiger charge is 2.29. The van der Waals surface area contributed by atoms with Gasteiger partial charge in [-0.15, -0.1) is 0 Å². The average molecular weight is 479 g/mol. The summed E-state index contributed by atoms with van der Waals surface area (Å²) in [5.74, 6) is 0.716. The molecule has 3 heterocycles. The molecule has 0 saturated carbocycles. The maximum absolute atomic E-state index is 12.9. The molecule has 0 unspecified atom stereocenters. The second-order valence-corrected chi connectivity index (χ2v) is 10.1. The molecule has 176 valence electrons. The van der Waals surface area contributed by atoms with Gasteiger partial charge >= 0.3 is 0 Å². The van der Waals surface area contributed by atoms with Crippen LogP contribution < -0.4 is 0 Å². The van der Waals surface area contributed by atoms with E-state index in [1.54, 1.807) is 17.2 Å². The van der Waals surface area contributed by atoms with E-state index in [1.165, 1.54) is 28.6 Å². The second kappa shape index (κ2) is 9.71. The third kappa shape index (κ3) is 4.83. The number of amides is 1. The molecule has 1 aliphatic heterocycles. The Morgan fingerprint density at radius 2 is 1.82 bits per heavy atom. The number of sulfonamides is 1. The minimum absolute atomic E-state index is 0.147. The summed E-state index contributed by atoms with van der Waals surface area (Å²) in [6.45, 7) is 5.73. The third-order valence-corrected chi connectivity index (χ3v) is 8.00. The molecular formula is C25H26N4O4S. The zero-order valence-electron chi connectivity index (χ0n) is 19.1. The van der Waals surface area contributed by atoms with Crippen LogP contribution in [-0.4, -0.2) is 54.3 Å². The summed E-state index contributed by atoms with van der Waals surface area (Å²) < 4.78 is 34.7. The number of aryl methyl sites for hydroxylation is 1. The number of furan rings is 1. The lowest BCUT2D eigenvalue weighted by Gasteiger charge is -2.33. The largest absolute Gasteiger partial charge is 0.467 e. The van der Waals surface area contributed by atoms with Crippen LogP contribution in [0.3, 0.4) is 0 Å². The van der Waals surface area contributed by atoms with Crippen molar-refractivity contribution in [2.24, 2.45) is 0 Å². The quantitative estimate of drug-likeness (QED) is 0.507. The summed E-state index contributed by atoms with van der Waals surface area (Å²) in [6, 6.07) is 13.7. The van der Waals surface area contributed by atoms with Gasteiger partial charge in [0.1, 0.15) is 5.76 Å². The van der Waals surface area contributed by atoms with Crippen molar-refractivity contribution >= 4 is 22.0 Å². The lowest BCUT2D eigenvalue weighted by atomic mass is 10.2. The first-order chi connectivity index (χ1) is 16.3. The normalized spacial score (nSPS) is 15.0. The van der Waals surface area contributed by atoms with Crippen molar-refractivity contribution in [1.29, 1.82) is 5.26 Å². The molecule has 8 nitrogen and oxygen atoms in total. The Labute approximate surface area is 199 Å². The molecule has 1 aromatic carbocycles. The van der Waals surface area contributed by atoms with Crippen LogP contribution in [0.5, 0.6) is 0 Å². The number of hydrogen-bond acceptors (Lipinski definition) is 5. The van der Waals surface area contributed by atoms with Crippen LogP contribution in [0.2, 0.25) is 0 Å². The van der Waals surface area contributed by atoms with E-state index in [0.717, 1.165) is 22.7 Å². The second-order valence-electron chi connectivity index (χ2n) is 8.19. The molecule has 0 radical (unpaired) electrons. The van der Waals surface area contributed by atoms with E-state index in [1.807, 2.05) is 44.2 Å². The van der Waals surface area contributed by atoms with Gasteiger partial charge in [-0.05, 0) is 68.0 Å². The van der Waals surface area contributed by atoms with Gasteiger partial charge in [0.05, 0.1) is 29.3 Å². The maximum atomic E-state index is 12.9. The topological polar surface area (TPSA) is 99.5 Å². The van der Waals surface area contributed by atoms with Gasteiger partial charge in [-0.25, -0.2) is 8.42 Å². The Morgan fingerprint density at radius 3 is 2.44 bits per heavy atom. The number of carbonyl (C=O) groups excluding carboxylic acids is 1. The smallest absolute Gasteiger partial charge is 0.246 e. The van der Waals surface area contributed by atoms with Crippen LogP contribution in [-0.2, 0) is 21.4 Å².